The summed E-state index contributed by atoms with van der Waals surface area (Å²) in [5.41, 5.74) is 2.34. The van der Waals surface area contributed by atoms with Gasteiger partial charge in [-0.1, -0.05) is 11.6 Å². The van der Waals surface area contributed by atoms with Gasteiger partial charge in [0, 0.05) is 24.5 Å². The predicted octanol–water partition coefficient (Wildman–Crippen LogP) is 3.32. The molecule has 1 aromatic carbocycles. The van der Waals surface area contributed by atoms with E-state index in [9.17, 15) is 14.4 Å². The number of benzene rings is 1. The quantitative estimate of drug-likeness (QED) is 0.779. The number of hydrogen-bond donors (Lipinski definition) is 1. The number of likely N-dealkylation sites (tertiary alicyclic amines) is 1. The summed E-state index contributed by atoms with van der Waals surface area (Å²) in [6.45, 7) is 3.55. The van der Waals surface area contributed by atoms with Crippen LogP contribution in [0.1, 0.15) is 28.1 Å². The highest BCUT2D eigenvalue weighted by Gasteiger charge is 2.35. The zero-order chi connectivity index (χ0) is 21.3. The molecule has 9 heteroatoms. The van der Waals surface area contributed by atoms with Crippen LogP contribution in [0.15, 0.2) is 30.3 Å². The van der Waals surface area contributed by atoms with Gasteiger partial charge in [-0.25, -0.2) is 0 Å². The summed E-state index contributed by atoms with van der Waals surface area (Å²) in [5, 5.41) is 2.92. The van der Waals surface area contributed by atoms with Crippen molar-refractivity contribution < 1.29 is 19.1 Å². The standard InChI is InChI=1S/C21H22ClN3O4S/c1-13-11-14(4-5-15(13)24-9-10-29-12-19(24)26)23-20(27)16-3-2-8-25(16)21(28)17-6-7-18(22)30-17/h4-7,11,16H,2-3,8-10,12H2,1H3,(H,23,27). The van der Waals surface area contributed by atoms with Crippen molar-refractivity contribution in [1.82, 2.24) is 4.90 Å². The number of carbonyl (C=O) groups excluding carboxylic acids is 3. The van der Waals surface area contributed by atoms with E-state index in [4.69, 9.17) is 16.3 Å². The van der Waals surface area contributed by atoms with Crippen LogP contribution >= 0.6 is 22.9 Å². The van der Waals surface area contributed by atoms with Crippen LogP contribution in [0.2, 0.25) is 4.34 Å². The van der Waals surface area contributed by atoms with Crippen molar-refractivity contribution in [3.05, 3.63) is 45.1 Å². The average molecular weight is 448 g/mol. The minimum absolute atomic E-state index is 0.0741. The molecule has 1 unspecified atom stereocenters. The fourth-order valence-corrected chi connectivity index (χ4v) is 4.89. The third kappa shape index (κ3) is 4.21. The lowest BCUT2D eigenvalue weighted by Gasteiger charge is -2.28. The molecule has 1 aromatic heterocycles. The normalized spacial score (nSPS) is 19.3. The molecule has 0 radical (unpaired) electrons. The van der Waals surface area contributed by atoms with Gasteiger partial charge < -0.3 is 19.9 Å². The highest BCUT2D eigenvalue weighted by Crippen LogP contribution is 2.28. The number of nitrogens with one attached hydrogen (secondary N) is 1. The number of nitrogens with zero attached hydrogens (tertiary/aromatic N) is 2. The fourth-order valence-electron chi connectivity index (χ4n) is 3.89. The zero-order valence-corrected chi connectivity index (χ0v) is 18.1. The van der Waals surface area contributed by atoms with Gasteiger partial charge in [0.15, 0.2) is 0 Å². The number of thiophene rings is 1. The van der Waals surface area contributed by atoms with Crippen LogP contribution in [-0.2, 0) is 14.3 Å². The molecule has 3 amide bonds. The summed E-state index contributed by atoms with van der Waals surface area (Å²) in [5.74, 6) is -0.449. The molecule has 2 aromatic rings. The lowest BCUT2D eigenvalue weighted by atomic mass is 10.1. The molecule has 7 nitrogen and oxygen atoms in total. The van der Waals surface area contributed by atoms with E-state index >= 15 is 0 Å². The molecule has 2 saturated heterocycles. The first kappa shape index (κ1) is 20.8. The van der Waals surface area contributed by atoms with Crippen LogP contribution in [0.4, 0.5) is 11.4 Å². The largest absolute Gasteiger partial charge is 0.370 e. The first-order valence-corrected chi connectivity index (χ1v) is 11.0. The monoisotopic (exact) mass is 447 g/mol. The number of ether oxygens (including phenoxy) is 1. The van der Waals surface area contributed by atoms with Crippen LogP contribution in [0.5, 0.6) is 0 Å². The molecule has 2 aliphatic rings. The van der Waals surface area contributed by atoms with E-state index in [2.05, 4.69) is 5.32 Å². The third-order valence-electron chi connectivity index (χ3n) is 5.34. The topological polar surface area (TPSA) is 79.0 Å². The number of morpholine rings is 1. The van der Waals surface area contributed by atoms with Crippen molar-refractivity contribution in [1.29, 1.82) is 0 Å². The molecule has 0 aliphatic carbocycles. The number of amides is 3. The second-order valence-electron chi connectivity index (χ2n) is 7.35. The Labute approximate surface area is 183 Å². The lowest BCUT2D eigenvalue weighted by Crippen LogP contribution is -2.43. The van der Waals surface area contributed by atoms with E-state index in [1.165, 1.54) is 11.3 Å². The van der Waals surface area contributed by atoms with Gasteiger partial charge in [-0.15, -0.1) is 11.3 Å². The van der Waals surface area contributed by atoms with Gasteiger partial charge >= 0.3 is 0 Å². The van der Waals surface area contributed by atoms with E-state index in [1.54, 1.807) is 28.0 Å². The molecule has 30 heavy (non-hydrogen) atoms. The van der Waals surface area contributed by atoms with Gasteiger partial charge in [0.05, 0.1) is 15.8 Å². The van der Waals surface area contributed by atoms with E-state index in [-0.39, 0.29) is 24.3 Å². The number of anilines is 2. The maximum absolute atomic E-state index is 12.9. The number of hydrogen-bond acceptors (Lipinski definition) is 5. The Balaban J connectivity index is 1.46. The summed E-state index contributed by atoms with van der Waals surface area (Å²) in [7, 11) is 0. The molecule has 0 bridgehead atoms. The minimum atomic E-state index is -0.515. The first-order valence-electron chi connectivity index (χ1n) is 9.80. The van der Waals surface area contributed by atoms with E-state index in [1.807, 2.05) is 19.1 Å². The van der Waals surface area contributed by atoms with Gasteiger partial charge in [0.25, 0.3) is 11.8 Å². The second kappa shape index (κ2) is 8.75. The smallest absolute Gasteiger partial charge is 0.264 e. The average Bonchev–Trinajstić information content (AvgIpc) is 3.38. The molecular formula is C21H22ClN3O4S. The molecule has 2 fully saturated rings. The Kier molecular flexibility index (Phi) is 6.08. The van der Waals surface area contributed by atoms with Crippen molar-refractivity contribution in [3.8, 4) is 0 Å². The highest BCUT2D eigenvalue weighted by atomic mass is 35.5. The molecule has 1 atom stereocenters. The van der Waals surface area contributed by atoms with Crippen LogP contribution in [-0.4, -0.2) is 55.0 Å². The Hall–Kier alpha value is -2.42. The van der Waals surface area contributed by atoms with Crippen molar-refractivity contribution in [2.75, 3.05) is 36.5 Å². The molecule has 0 spiro atoms. The van der Waals surface area contributed by atoms with Gasteiger partial charge in [-0.2, -0.15) is 0 Å². The zero-order valence-electron chi connectivity index (χ0n) is 16.5. The summed E-state index contributed by atoms with van der Waals surface area (Å²) >= 11 is 7.17. The summed E-state index contributed by atoms with van der Waals surface area (Å²) in [4.78, 5) is 41.6. The van der Waals surface area contributed by atoms with Crippen molar-refractivity contribution in [2.24, 2.45) is 0 Å². The van der Waals surface area contributed by atoms with Crippen LogP contribution in [0.3, 0.4) is 0 Å². The fraction of sp³-hybridized carbons (Fsp3) is 0.381. The second-order valence-corrected chi connectivity index (χ2v) is 9.06. The number of halogens is 1. The Bertz CT molecular complexity index is 992. The molecule has 1 N–H and O–H groups in total. The molecular weight excluding hydrogens is 426 g/mol. The summed E-state index contributed by atoms with van der Waals surface area (Å²) in [6, 6.07) is 8.32. The third-order valence-corrected chi connectivity index (χ3v) is 6.56. The van der Waals surface area contributed by atoms with Gasteiger partial charge in [0.2, 0.25) is 5.91 Å². The number of carbonyl (C=O) groups is 3. The SMILES string of the molecule is Cc1cc(NC(=O)C2CCCN2C(=O)c2ccc(Cl)s2)ccc1N1CCOCC1=O. The highest BCUT2D eigenvalue weighted by molar-refractivity contribution is 7.18. The number of aryl methyl sites for hydroxylation is 1. The summed E-state index contributed by atoms with van der Waals surface area (Å²) in [6.07, 6.45) is 1.40. The van der Waals surface area contributed by atoms with Crippen molar-refractivity contribution in [2.45, 2.75) is 25.8 Å². The maximum atomic E-state index is 12.9. The van der Waals surface area contributed by atoms with E-state index < -0.39 is 6.04 Å². The van der Waals surface area contributed by atoms with E-state index in [0.717, 1.165) is 17.7 Å². The molecule has 0 saturated carbocycles. The molecule has 3 heterocycles. The van der Waals surface area contributed by atoms with E-state index in [0.29, 0.717) is 41.0 Å². The molecule has 2 aliphatic heterocycles. The Morgan fingerprint density at radius 3 is 2.77 bits per heavy atom. The van der Waals surface area contributed by atoms with Crippen LogP contribution < -0.4 is 10.2 Å². The predicted molar refractivity (Wildman–Crippen MR) is 116 cm³/mol. The van der Waals surface area contributed by atoms with Gasteiger partial charge in [-0.05, 0) is 55.7 Å². The minimum Gasteiger partial charge on any atom is -0.370 e. The Morgan fingerprint density at radius 2 is 2.07 bits per heavy atom. The van der Waals surface area contributed by atoms with Gasteiger partial charge in [0.1, 0.15) is 12.6 Å². The first-order chi connectivity index (χ1) is 14.4. The number of rotatable bonds is 4. The maximum Gasteiger partial charge on any atom is 0.264 e. The molecule has 4 rings (SSSR count). The molecule has 158 valence electrons. The lowest BCUT2D eigenvalue weighted by molar-refractivity contribution is -0.125. The van der Waals surface area contributed by atoms with Crippen LogP contribution in [0, 0.1) is 6.92 Å². The van der Waals surface area contributed by atoms with Gasteiger partial charge in [-0.3, -0.25) is 14.4 Å². The summed E-state index contributed by atoms with van der Waals surface area (Å²) < 4.78 is 5.73. The van der Waals surface area contributed by atoms with Crippen molar-refractivity contribution in [3.63, 3.8) is 0 Å². The Morgan fingerprint density at radius 1 is 1.23 bits per heavy atom. The van der Waals surface area contributed by atoms with Crippen molar-refractivity contribution >= 4 is 52.0 Å². The van der Waals surface area contributed by atoms with Crippen LogP contribution in [0.25, 0.3) is 0 Å².